The van der Waals surface area contributed by atoms with Gasteiger partial charge in [0.25, 0.3) is 17.7 Å². The lowest BCUT2D eigenvalue weighted by atomic mass is 10.0. The number of alkyl halides is 3. The highest BCUT2D eigenvalue weighted by molar-refractivity contribution is 6.23. The van der Waals surface area contributed by atoms with Gasteiger partial charge in [-0.25, -0.2) is 4.98 Å². The number of amides is 5. The lowest BCUT2D eigenvalue weighted by Crippen LogP contribution is -2.54. The van der Waals surface area contributed by atoms with E-state index in [2.05, 4.69) is 31.2 Å². The Labute approximate surface area is 312 Å². The summed E-state index contributed by atoms with van der Waals surface area (Å²) in [6.07, 6.45) is -0.871. The first-order valence-electron chi connectivity index (χ1n) is 17.8. The van der Waals surface area contributed by atoms with E-state index < -0.39 is 47.4 Å². The van der Waals surface area contributed by atoms with Crippen LogP contribution in [0, 0.1) is 0 Å². The fourth-order valence-electron chi connectivity index (χ4n) is 7.08. The third-order valence-electron chi connectivity index (χ3n) is 9.97. The van der Waals surface area contributed by atoms with Gasteiger partial charge in [0.2, 0.25) is 11.8 Å². The third-order valence-corrected chi connectivity index (χ3v) is 9.97. The second kappa shape index (κ2) is 15.5. The van der Waals surface area contributed by atoms with Crippen LogP contribution in [-0.4, -0.2) is 107 Å². The number of benzene rings is 2. The van der Waals surface area contributed by atoms with E-state index in [1.807, 2.05) is 10.9 Å². The molecule has 5 heterocycles. The molecule has 0 radical (unpaired) electrons. The Balaban J connectivity index is 0.854. The van der Waals surface area contributed by atoms with Crippen LogP contribution in [0.15, 0.2) is 54.7 Å². The van der Waals surface area contributed by atoms with Crippen LogP contribution in [0.5, 0.6) is 5.75 Å². The van der Waals surface area contributed by atoms with Crippen LogP contribution in [0.2, 0.25) is 0 Å². The highest BCUT2D eigenvalue weighted by Gasteiger charge is 2.44. The third kappa shape index (κ3) is 8.00. The zero-order valence-electron chi connectivity index (χ0n) is 29.7. The standard InChI is InChI=1S/C37H38F3N9O6/c1-55-30-19-27-21(17-28(30)44-33(51)26-3-2-4-31(43-26)37(38,39)40)20-48(46-27)23-9-14-47(15-10-23)16-13-41-11-12-42-22-5-6-24-25(18-22)36(54)49(35(24)53)29-7-8-32(50)45-34(29)52/h2-6,17-20,23,29,41-42H,7-16H2,1H3,(H,44,51)(H,45,50,52). The smallest absolute Gasteiger partial charge is 0.433 e. The van der Waals surface area contributed by atoms with Gasteiger partial charge in [-0.3, -0.25) is 38.9 Å². The molecule has 4 aromatic rings. The lowest BCUT2D eigenvalue weighted by molar-refractivity contribution is -0.141. The highest BCUT2D eigenvalue weighted by atomic mass is 19.4. The molecule has 3 aliphatic heterocycles. The van der Waals surface area contributed by atoms with Crippen molar-refractivity contribution in [1.29, 1.82) is 0 Å². The van der Waals surface area contributed by atoms with Gasteiger partial charge in [0.05, 0.1) is 35.5 Å². The summed E-state index contributed by atoms with van der Waals surface area (Å²) in [7, 11) is 1.43. The molecule has 4 N–H and O–H groups in total. The molecule has 3 aliphatic rings. The summed E-state index contributed by atoms with van der Waals surface area (Å²) in [6.45, 7) is 4.58. The average Bonchev–Trinajstić information content (AvgIpc) is 3.69. The van der Waals surface area contributed by atoms with Crippen LogP contribution in [-0.2, 0) is 15.8 Å². The quantitative estimate of drug-likeness (QED) is 0.123. The molecule has 2 aromatic carbocycles. The maximum absolute atomic E-state index is 13.1. The van der Waals surface area contributed by atoms with Crippen molar-refractivity contribution in [3.05, 3.63) is 77.2 Å². The molecule has 2 aromatic heterocycles. The number of carbonyl (C=O) groups is 5. The Morgan fingerprint density at radius 1 is 0.964 bits per heavy atom. The van der Waals surface area contributed by atoms with Crippen molar-refractivity contribution in [2.24, 2.45) is 0 Å². The number of anilines is 2. The SMILES string of the molecule is COc1cc2nn(C3CCN(CCNCCNc4ccc5c(c4)C(=O)N(C4CCC(=O)NC4=O)C5=O)CC3)cc2cc1NC(=O)c1cccc(C(F)(F)F)n1. The van der Waals surface area contributed by atoms with E-state index >= 15 is 0 Å². The number of likely N-dealkylation sites (tertiary alicyclic amines) is 1. The molecule has 55 heavy (non-hydrogen) atoms. The van der Waals surface area contributed by atoms with Gasteiger partial charge in [-0.15, -0.1) is 0 Å². The van der Waals surface area contributed by atoms with Crippen molar-refractivity contribution in [1.82, 2.24) is 35.2 Å². The van der Waals surface area contributed by atoms with Crippen molar-refractivity contribution in [3.8, 4) is 5.75 Å². The number of pyridine rings is 1. The Hall–Kier alpha value is -5.88. The lowest BCUT2D eigenvalue weighted by Gasteiger charge is -2.32. The van der Waals surface area contributed by atoms with E-state index in [1.54, 1.807) is 30.3 Å². The molecule has 5 amide bonds. The molecule has 0 saturated carbocycles. The number of hydrogen-bond acceptors (Lipinski definition) is 11. The van der Waals surface area contributed by atoms with Crippen molar-refractivity contribution in [2.75, 3.05) is 57.0 Å². The van der Waals surface area contributed by atoms with E-state index in [1.165, 1.54) is 13.2 Å². The predicted molar refractivity (Wildman–Crippen MR) is 193 cm³/mol. The minimum atomic E-state index is -4.68. The van der Waals surface area contributed by atoms with Crippen molar-refractivity contribution >= 4 is 51.8 Å². The molecule has 2 saturated heterocycles. The largest absolute Gasteiger partial charge is 0.494 e. The molecule has 0 spiro atoms. The van der Waals surface area contributed by atoms with E-state index in [0.717, 1.165) is 61.4 Å². The molecule has 0 bridgehead atoms. The normalized spacial score (nSPS) is 18.1. The zero-order chi connectivity index (χ0) is 38.9. The summed E-state index contributed by atoms with van der Waals surface area (Å²) in [4.78, 5) is 69.4. The Kier molecular flexibility index (Phi) is 10.5. The summed E-state index contributed by atoms with van der Waals surface area (Å²) in [5, 5.41) is 17.0. The van der Waals surface area contributed by atoms with Crippen LogP contribution < -0.4 is 26.0 Å². The fraction of sp³-hybridized carbons (Fsp3) is 0.378. The summed E-state index contributed by atoms with van der Waals surface area (Å²) < 4.78 is 46.7. The molecule has 0 aliphatic carbocycles. The number of fused-ring (bicyclic) bond motifs is 2. The fourth-order valence-corrected chi connectivity index (χ4v) is 7.08. The Morgan fingerprint density at radius 3 is 2.49 bits per heavy atom. The van der Waals surface area contributed by atoms with Crippen molar-refractivity contribution in [2.45, 2.75) is 43.9 Å². The number of hydrogen-bond donors (Lipinski definition) is 4. The van der Waals surface area contributed by atoms with Gasteiger partial charge in [0.1, 0.15) is 23.2 Å². The van der Waals surface area contributed by atoms with Gasteiger partial charge in [-0.1, -0.05) is 6.07 Å². The molecular weight excluding hydrogens is 723 g/mol. The predicted octanol–water partition coefficient (Wildman–Crippen LogP) is 3.45. The maximum Gasteiger partial charge on any atom is 0.433 e. The summed E-state index contributed by atoms with van der Waals surface area (Å²) in [6, 6.07) is 10.6. The summed E-state index contributed by atoms with van der Waals surface area (Å²) in [5.41, 5.74) is 0.541. The number of methoxy groups -OCH3 is 1. The number of nitrogens with zero attached hydrogens (tertiary/aromatic N) is 5. The van der Waals surface area contributed by atoms with Crippen LogP contribution in [0.3, 0.4) is 0 Å². The first-order chi connectivity index (χ1) is 26.4. The highest BCUT2D eigenvalue weighted by Crippen LogP contribution is 2.33. The Bertz CT molecular complexity index is 2170. The monoisotopic (exact) mass is 761 g/mol. The minimum absolute atomic E-state index is 0.0629. The number of imide groups is 2. The van der Waals surface area contributed by atoms with Crippen LogP contribution in [0.25, 0.3) is 10.9 Å². The van der Waals surface area contributed by atoms with E-state index in [9.17, 15) is 37.1 Å². The Morgan fingerprint density at radius 2 is 1.75 bits per heavy atom. The van der Waals surface area contributed by atoms with Gasteiger partial charge >= 0.3 is 6.18 Å². The van der Waals surface area contributed by atoms with E-state index in [-0.39, 0.29) is 41.4 Å². The van der Waals surface area contributed by atoms with E-state index in [0.29, 0.717) is 30.0 Å². The number of ether oxygens (including phenoxy) is 1. The van der Waals surface area contributed by atoms with E-state index in [4.69, 9.17) is 9.84 Å². The summed E-state index contributed by atoms with van der Waals surface area (Å²) >= 11 is 0. The molecule has 15 nitrogen and oxygen atoms in total. The van der Waals surface area contributed by atoms with Crippen LogP contribution in [0.1, 0.15) is 68.6 Å². The topological polar surface area (TPSA) is 180 Å². The number of aromatic nitrogens is 3. The van der Waals surface area contributed by atoms with Gasteiger partial charge in [0.15, 0.2) is 0 Å². The first-order valence-corrected chi connectivity index (χ1v) is 17.8. The molecule has 18 heteroatoms. The maximum atomic E-state index is 13.1. The number of rotatable bonds is 12. The number of nitrogens with one attached hydrogen (secondary N) is 4. The molecule has 7 rings (SSSR count). The number of piperidine rings is 2. The first kappa shape index (κ1) is 37.4. The van der Waals surface area contributed by atoms with Crippen LogP contribution >= 0.6 is 0 Å². The minimum Gasteiger partial charge on any atom is -0.494 e. The molecule has 1 atom stereocenters. The average molecular weight is 762 g/mol. The second-order valence-electron chi connectivity index (χ2n) is 13.5. The van der Waals surface area contributed by atoms with Crippen molar-refractivity contribution < 1.29 is 41.9 Å². The van der Waals surface area contributed by atoms with Gasteiger partial charge in [-0.2, -0.15) is 18.3 Å². The molecule has 1 unspecified atom stereocenters. The summed E-state index contributed by atoms with van der Waals surface area (Å²) in [5.74, 6) is -2.64. The van der Waals surface area contributed by atoms with Crippen molar-refractivity contribution in [3.63, 3.8) is 0 Å². The van der Waals surface area contributed by atoms with Gasteiger partial charge in [-0.05, 0) is 55.7 Å². The molecule has 2 fully saturated rings. The molecular formula is C37H38F3N9O6. The molecule has 288 valence electrons. The number of halogens is 3. The zero-order valence-corrected chi connectivity index (χ0v) is 29.7. The second-order valence-corrected chi connectivity index (χ2v) is 13.5. The number of carbonyl (C=O) groups excluding carboxylic acids is 5. The van der Waals surface area contributed by atoms with Crippen LogP contribution in [0.4, 0.5) is 24.5 Å². The van der Waals surface area contributed by atoms with Gasteiger partial charge in [0, 0.05) is 69.0 Å². The van der Waals surface area contributed by atoms with Gasteiger partial charge < -0.3 is 25.6 Å².